The molecule has 0 saturated carbocycles. The van der Waals surface area contributed by atoms with Gasteiger partial charge in [-0.25, -0.2) is 4.98 Å². The van der Waals surface area contributed by atoms with Gasteiger partial charge in [-0.2, -0.15) is 0 Å². The molecule has 3 heteroatoms. The van der Waals surface area contributed by atoms with Gasteiger partial charge in [0.1, 0.15) is 5.00 Å². The minimum atomic E-state index is 1.13. The maximum Gasteiger partial charge on any atom is 0.114 e. The summed E-state index contributed by atoms with van der Waals surface area (Å²) in [5.41, 5.74) is 1.13. The molecule has 1 aromatic heterocycles. The van der Waals surface area contributed by atoms with Crippen molar-refractivity contribution in [3.63, 3.8) is 0 Å². The molecule has 0 amide bonds. The highest BCUT2D eigenvalue weighted by Crippen LogP contribution is 2.25. The number of hydrogen-bond acceptors (Lipinski definition) is 3. The molecule has 0 aromatic carbocycles. The molecule has 1 rings (SSSR count). The molecule has 0 spiro atoms. The summed E-state index contributed by atoms with van der Waals surface area (Å²) in [6, 6.07) is 0. The van der Waals surface area contributed by atoms with Crippen LogP contribution < -0.4 is 4.90 Å². The second-order valence-corrected chi connectivity index (χ2v) is 3.70. The number of anilines is 1. The van der Waals surface area contributed by atoms with Crippen LogP contribution in [0.3, 0.4) is 0 Å². The second kappa shape index (κ2) is 2.58. The maximum atomic E-state index is 4.31. The zero-order valence-corrected chi connectivity index (χ0v) is 7.62. The van der Waals surface area contributed by atoms with Crippen LogP contribution in [0, 0.1) is 13.8 Å². The Hall–Kier alpha value is -0.570. The third-order valence-electron chi connectivity index (χ3n) is 1.29. The highest BCUT2D eigenvalue weighted by atomic mass is 32.1. The van der Waals surface area contributed by atoms with E-state index < -0.39 is 0 Å². The van der Waals surface area contributed by atoms with Crippen LogP contribution in [0.1, 0.15) is 10.7 Å². The van der Waals surface area contributed by atoms with E-state index in [1.165, 1.54) is 5.00 Å². The van der Waals surface area contributed by atoms with Crippen molar-refractivity contribution in [1.29, 1.82) is 0 Å². The normalized spacial score (nSPS) is 10.0. The van der Waals surface area contributed by atoms with Crippen molar-refractivity contribution >= 4 is 16.3 Å². The summed E-state index contributed by atoms with van der Waals surface area (Å²) in [5.74, 6) is 0. The topological polar surface area (TPSA) is 16.1 Å². The van der Waals surface area contributed by atoms with Crippen LogP contribution in [0.4, 0.5) is 5.00 Å². The Labute approximate surface area is 65.5 Å². The Morgan fingerprint density at radius 3 is 2.10 bits per heavy atom. The molecule has 0 unspecified atom stereocenters. The SMILES string of the molecule is Cc1nc(C)c(N(C)C)s1. The molecule has 1 aromatic rings. The monoisotopic (exact) mass is 156 g/mol. The van der Waals surface area contributed by atoms with Crippen LogP contribution in [-0.4, -0.2) is 19.1 Å². The first-order chi connectivity index (χ1) is 4.61. The summed E-state index contributed by atoms with van der Waals surface area (Å²) < 4.78 is 0. The lowest BCUT2D eigenvalue weighted by Gasteiger charge is -2.08. The largest absolute Gasteiger partial charge is 0.368 e. The zero-order valence-electron chi connectivity index (χ0n) is 6.80. The van der Waals surface area contributed by atoms with Crippen LogP contribution >= 0.6 is 11.3 Å². The van der Waals surface area contributed by atoms with Gasteiger partial charge in [-0.15, -0.1) is 11.3 Å². The van der Waals surface area contributed by atoms with E-state index in [4.69, 9.17) is 0 Å². The highest BCUT2D eigenvalue weighted by molar-refractivity contribution is 7.15. The van der Waals surface area contributed by atoms with E-state index in [-0.39, 0.29) is 0 Å². The average Bonchev–Trinajstić information content (AvgIpc) is 2.10. The minimum absolute atomic E-state index is 1.13. The van der Waals surface area contributed by atoms with Crippen LogP contribution in [-0.2, 0) is 0 Å². The molecule has 0 aliphatic carbocycles. The first-order valence-electron chi connectivity index (χ1n) is 3.22. The van der Waals surface area contributed by atoms with Crippen LogP contribution in [0.5, 0.6) is 0 Å². The smallest absolute Gasteiger partial charge is 0.114 e. The third kappa shape index (κ3) is 1.29. The molecule has 0 fully saturated rings. The van der Waals surface area contributed by atoms with Crippen molar-refractivity contribution in [3.8, 4) is 0 Å². The summed E-state index contributed by atoms with van der Waals surface area (Å²) in [7, 11) is 4.08. The average molecular weight is 156 g/mol. The molecular formula is C7H12N2S. The zero-order chi connectivity index (χ0) is 7.72. The lowest BCUT2D eigenvalue weighted by Crippen LogP contribution is -2.07. The Morgan fingerprint density at radius 2 is 1.90 bits per heavy atom. The van der Waals surface area contributed by atoms with E-state index in [1.807, 2.05) is 27.9 Å². The van der Waals surface area contributed by atoms with Gasteiger partial charge in [0.2, 0.25) is 0 Å². The lowest BCUT2D eigenvalue weighted by molar-refractivity contribution is 1.11. The molecule has 0 N–H and O–H groups in total. The predicted molar refractivity (Wildman–Crippen MR) is 45.9 cm³/mol. The van der Waals surface area contributed by atoms with E-state index in [1.54, 1.807) is 11.3 Å². The van der Waals surface area contributed by atoms with Gasteiger partial charge >= 0.3 is 0 Å². The predicted octanol–water partition coefficient (Wildman–Crippen LogP) is 1.83. The van der Waals surface area contributed by atoms with Gasteiger partial charge < -0.3 is 4.90 Å². The van der Waals surface area contributed by atoms with Crippen molar-refractivity contribution in [3.05, 3.63) is 10.7 Å². The van der Waals surface area contributed by atoms with Gasteiger partial charge in [-0.1, -0.05) is 0 Å². The number of hydrogen-bond donors (Lipinski definition) is 0. The highest BCUT2D eigenvalue weighted by Gasteiger charge is 2.04. The molecule has 0 radical (unpaired) electrons. The van der Waals surface area contributed by atoms with E-state index in [0.29, 0.717) is 0 Å². The molecular weight excluding hydrogens is 144 g/mol. The number of rotatable bonds is 1. The summed E-state index contributed by atoms with van der Waals surface area (Å²) >= 11 is 1.74. The van der Waals surface area contributed by atoms with Crippen LogP contribution in [0.25, 0.3) is 0 Å². The molecule has 1 heterocycles. The molecule has 56 valence electrons. The van der Waals surface area contributed by atoms with Gasteiger partial charge in [0.15, 0.2) is 0 Å². The van der Waals surface area contributed by atoms with E-state index >= 15 is 0 Å². The van der Waals surface area contributed by atoms with Crippen molar-refractivity contribution in [1.82, 2.24) is 4.98 Å². The van der Waals surface area contributed by atoms with Gasteiger partial charge in [0.25, 0.3) is 0 Å². The fourth-order valence-corrected chi connectivity index (χ4v) is 1.77. The summed E-state index contributed by atoms with van der Waals surface area (Å²) in [5, 5.41) is 2.40. The fourth-order valence-electron chi connectivity index (χ4n) is 0.935. The first kappa shape index (κ1) is 7.54. The molecule has 2 nitrogen and oxygen atoms in total. The van der Waals surface area contributed by atoms with Gasteiger partial charge in [-0.05, 0) is 13.8 Å². The van der Waals surface area contributed by atoms with Crippen molar-refractivity contribution in [2.45, 2.75) is 13.8 Å². The Balaban J connectivity index is 3.03. The van der Waals surface area contributed by atoms with Crippen LogP contribution in [0.2, 0.25) is 0 Å². The molecule has 0 saturated heterocycles. The third-order valence-corrected chi connectivity index (χ3v) is 2.53. The number of aryl methyl sites for hydroxylation is 2. The molecule has 0 bridgehead atoms. The number of thiazole rings is 1. The number of aromatic nitrogens is 1. The Kier molecular flexibility index (Phi) is 1.94. The van der Waals surface area contributed by atoms with Crippen molar-refractivity contribution < 1.29 is 0 Å². The summed E-state index contributed by atoms with van der Waals surface area (Å²) in [4.78, 5) is 6.41. The van der Waals surface area contributed by atoms with Crippen molar-refractivity contribution in [2.24, 2.45) is 0 Å². The molecule has 0 aliphatic heterocycles. The van der Waals surface area contributed by atoms with E-state index in [0.717, 1.165) is 10.7 Å². The molecule has 0 atom stereocenters. The summed E-state index contributed by atoms with van der Waals surface area (Å²) in [6.45, 7) is 4.07. The lowest BCUT2D eigenvalue weighted by atomic mass is 10.5. The molecule has 0 aliphatic rings. The van der Waals surface area contributed by atoms with Gasteiger partial charge in [0.05, 0.1) is 10.7 Å². The molecule has 10 heavy (non-hydrogen) atoms. The quantitative estimate of drug-likeness (QED) is 0.616. The van der Waals surface area contributed by atoms with E-state index in [9.17, 15) is 0 Å². The Morgan fingerprint density at radius 1 is 1.30 bits per heavy atom. The second-order valence-electron chi connectivity index (χ2n) is 2.52. The Bertz CT molecular complexity index is 228. The van der Waals surface area contributed by atoms with Crippen LogP contribution in [0.15, 0.2) is 0 Å². The minimum Gasteiger partial charge on any atom is -0.368 e. The standard InChI is InChI=1S/C7H12N2S/c1-5-7(9(3)4)10-6(2)8-5/h1-4H3. The van der Waals surface area contributed by atoms with Gasteiger partial charge in [0, 0.05) is 14.1 Å². The summed E-state index contributed by atoms with van der Waals surface area (Å²) in [6.07, 6.45) is 0. The van der Waals surface area contributed by atoms with E-state index in [2.05, 4.69) is 9.88 Å². The van der Waals surface area contributed by atoms with Crippen molar-refractivity contribution in [2.75, 3.05) is 19.0 Å². The maximum absolute atomic E-state index is 4.31. The fraction of sp³-hybridized carbons (Fsp3) is 0.571. The number of nitrogens with zero attached hydrogens (tertiary/aromatic N) is 2. The first-order valence-corrected chi connectivity index (χ1v) is 4.04. The van der Waals surface area contributed by atoms with Gasteiger partial charge in [-0.3, -0.25) is 0 Å².